The molecule has 1 heterocycles. The minimum Gasteiger partial charge on any atom is -0.340 e. The van der Waals surface area contributed by atoms with Gasteiger partial charge < -0.3 is 10.6 Å². The molecule has 4 nitrogen and oxygen atoms in total. The zero-order valence-electron chi connectivity index (χ0n) is 20.2. The highest BCUT2D eigenvalue weighted by atomic mass is 19.4. The Kier molecular flexibility index (Phi) is 8.26. The van der Waals surface area contributed by atoms with Gasteiger partial charge in [-0.15, -0.1) is 0 Å². The minimum atomic E-state index is -4.57. The second kappa shape index (κ2) is 11.6. The van der Waals surface area contributed by atoms with Crippen LogP contribution in [-0.2, 0) is 12.6 Å². The maximum Gasteiger partial charge on any atom is 0.421 e. The molecule has 1 saturated carbocycles. The molecule has 7 heteroatoms. The molecule has 1 aliphatic carbocycles. The molecule has 1 fully saturated rings. The SMILES string of the molecule is CCCCCCc1ccc(Nc2ncc(C(F)(F)F)c(Nc3ccc(C4CCCC4)cc3)n2)cc1. The number of hydrogen-bond acceptors (Lipinski definition) is 4. The Morgan fingerprint density at radius 1 is 0.857 bits per heavy atom. The van der Waals surface area contributed by atoms with Crippen molar-refractivity contribution in [3.8, 4) is 0 Å². The van der Waals surface area contributed by atoms with Gasteiger partial charge in [0.05, 0.1) is 0 Å². The van der Waals surface area contributed by atoms with E-state index in [9.17, 15) is 13.2 Å². The summed E-state index contributed by atoms with van der Waals surface area (Å²) < 4.78 is 40.9. The third-order valence-corrected chi connectivity index (χ3v) is 6.62. The third kappa shape index (κ3) is 6.96. The van der Waals surface area contributed by atoms with Crippen LogP contribution in [-0.4, -0.2) is 9.97 Å². The number of anilines is 4. The lowest BCUT2D eigenvalue weighted by molar-refractivity contribution is -0.137. The molecule has 0 radical (unpaired) electrons. The van der Waals surface area contributed by atoms with Gasteiger partial charge in [-0.2, -0.15) is 18.2 Å². The molecule has 0 bridgehead atoms. The predicted octanol–water partition coefficient (Wildman–Crippen LogP) is 8.76. The minimum absolute atomic E-state index is 0.110. The number of aromatic nitrogens is 2. The summed E-state index contributed by atoms with van der Waals surface area (Å²) in [4.78, 5) is 8.09. The van der Waals surface area contributed by atoms with Crippen molar-refractivity contribution in [1.82, 2.24) is 9.97 Å². The molecular weight excluding hydrogens is 449 g/mol. The van der Waals surface area contributed by atoms with E-state index in [0.29, 0.717) is 11.6 Å². The molecule has 0 spiro atoms. The van der Waals surface area contributed by atoms with E-state index in [0.717, 1.165) is 24.7 Å². The van der Waals surface area contributed by atoms with E-state index in [4.69, 9.17) is 0 Å². The smallest absolute Gasteiger partial charge is 0.340 e. The summed E-state index contributed by atoms with van der Waals surface area (Å²) >= 11 is 0. The average molecular weight is 483 g/mol. The fourth-order valence-electron chi connectivity index (χ4n) is 4.62. The zero-order valence-corrected chi connectivity index (χ0v) is 20.2. The number of hydrogen-bond donors (Lipinski definition) is 2. The number of halogens is 3. The maximum atomic E-state index is 13.6. The molecule has 1 aliphatic rings. The number of aryl methyl sites for hydroxylation is 1. The molecule has 186 valence electrons. The molecule has 0 atom stereocenters. The maximum absolute atomic E-state index is 13.6. The van der Waals surface area contributed by atoms with Crippen LogP contribution in [0.3, 0.4) is 0 Å². The predicted molar refractivity (Wildman–Crippen MR) is 136 cm³/mol. The van der Waals surface area contributed by atoms with E-state index in [2.05, 4.69) is 27.5 Å². The second-order valence-electron chi connectivity index (χ2n) is 9.31. The molecule has 1 aromatic heterocycles. The lowest BCUT2D eigenvalue weighted by Gasteiger charge is -2.16. The topological polar surface area (TPSA) is 49.8 Å². The summed E-state index contributed by atoms with van der Waals surface area (Å²) in [5.74, 6) is 0.391. The lowest BCUT2D eigenvalue weighted by atomic mass is 9.97. The van der Waals surface area contributed by atoms with Gasteiger partial charge in [0.1, 0.15) is 11.4 Å². The Labute approximate surface area is 205 Å². The standard InChI is InChI=1S/C28H33F3N4/c1-2-3-4-5-8-20-11-15-24(16-12-20)34-27-32-19-25(28(29,30)31)26(35-27)33-23-17-13-22(14-18-23)21-9-6-7-10-21/h11-19,21H,2-10H2,1H3,(H2,32,33,34,35). The van der Waals surface area contributed by atoms with Crippen LogP contribution in [0.25, 0.3) is 0 Å². The highest BCUT2D eigenvalue weighted by Gasteiger charge is 2.35. The van der Waals surface area contributed by atoms with E-state index in [1.165, 1.54) is 56.1 Å². The Bertz CT molecular complexity index is 1070. The number of nitrogens with one attached hydrogen (secondary N) is 2. The van der Waals surface area contributed by atoms with E-state index in [1.807, 2.05) is 48.5 Å². The first-order valence-corrected chi connectivity index (χ1v) is 12.6. The average Bonchev–Trinajstić information content (AvgIpc) is 3.38. The highest BCUT2D eigenvalue weighted by Crippen LogP contribution is 2.37. The fourth-order valence-corrected chi connectivity index (χ4v) is 4.62. The normalized spacial score (nSPS) is 14.3. The fraction of sp³-hybridized carbons (Fsp3) is 0.429. The van der Waals surface area contributed by atoms with Crippen LogP contribution in [0.1, 0.15) is 80.9 Å². The van der Waals surface area contributed by atoms with Crippen molar-refractivity contribution in [2.24, 2.45) is 0 Å². The van der Waals surface area contributed by atoms with Crippen molar-refractivity contribution in [3.05, 3.63) is 71.4 Å². The molecule has 0 amide bonds. The third-order valence-electron chi connectivity index (χ3n) is 6.62. The molecule has 0 aliphatic heterocycles. The summed E-state index contributed by atoms with van der Waals surface area (Å²) in [6.45, 7) is 2.19. The first kappa shape index (κ1) is 25.0. The highest BCUT2D eigenvalue weighted by molar-refractivity contribution is 5.63. The van der Waals surface area contributed by atoms with Crippen LogP contribution in [0.15, 0.2) is 54.7 Å². The number of alkyl halides is 3. The summed E-state index contributed by atoms with van der Waals surface area (Å²) in [7, 11) is 0. The Morgan fingerprint density at radius 3 is 2.17 bits per heavy atom. The molecule has 2 aromatic carbocycles. The lowest BCUT2D eigenvalue weighted by Crippen LogP contribution is -2.12. The van der Waals surface area contributed by atoms with Crippen molar-refractivity contribution < 1.29 is 13.2 Å². The van der Waals surface area contributed by atoms with Gasteiger partial charge in [0.25, 0.3) is 0 Å². The molecular formula is C28H33F3N4. The van der Waals surface area contributed by atoms with E-state index in [-0.39, 0.29) is 11.8 Å². The Hall–Kier alpha value is -3.09. The summed E-state index contributed by atoms with van der Waals surface area (Å²) in [6, 6.07) is 15.5. The first-order valence-electron chi connectivity index (χ1n) is 12.6. The molecule has 3 aromatic rings. The van der Waals surface area contributed by atoms with Gasteiger partial charge in [-0.3, -0.25) is 0 Å². The largest absolute Gasteiger partial charge is 0.421 e. The molecule has 35 heavy (non-hydrogen) atoms. The second-order valence-corrected chi connectivity index (χ2v) is 9.31. The van der Waals surface area contributed by atoms with Crippen LogP contribution in [0.4, 0.5) is 36.3 Å². The summed E-state index contributed by atoms with van der Waals surface area (Å²) in [5.41, 5.74) is 2.87. The molecule has 0 saturated heterocycles. The zero-order chi connectivity index (χ0) is 24.7. The number of benzene rings is 2. The van der Waals surface area contributed by atoms with Crippen LogP contribution in [0, 0.1) is 0 Å². The molecule has 2 N–H and O–H groups in total. The number of nitrogens with zero attached hydrogens (tertiary/aromatic N) is 2. The van der Waals surface area contributed by atoms with Crippen molar-refractivity contribution in [3.63, 3.8) is 0 Å². The van der Waals surface area contributed by atoms with Crippen molar-refractivity contribution in [2.45, 2.75) is 76.8 Å². The summed E-state index contributed by atoms with van der Waals surface area (Å²) in [6.07, 6.45) is 6.91. The van der Waals surface area contributed by atoms with Crippen LogP contribution in [0.5, 0.6) is 0 Å². The number of unbranched alkanes of at least 4 members (excludes halogenated alkanes) is 3. The monoisotopic (exact) mass is 482 g/mol. The first-order chi connectivity index (χ1) is 16.9. The van der Waals surface area contributed by atoms with Gasteiger partial charge in [0.15, 0.2) is 0 Å². The van der Waals surface area contributed by atoms with E-state index >= 15 is 0 Å². The van der Waals surface area contributed by atoms with Crippen LogP contribution >= 0.6 is 0 Å². The Balaban J connectivity index is 1.47. The van der Waals surface area contributed by atoms with Crippen molar-refractivity contribution in [2.75, 3.05) is 10.6 Å². The van der Waals surface area contributed by atoms with Gasteiger partial charge >= 0.3 is 6.18 Å². The van der Waals surface area contributed by atoms with Crippen LogP contribution < -0.4 is 10.6 Å². The quantitative estimate of drug-likeness (QED) is 0.284. The van der Waals surface area contributed by atoms with E-state index < -0.39 is 11.7 Å². The van der Waals surface area contributed by atoms with E-state index in [1.54, 1.807) is 0 Å². The summed E-state index contributed by atoms with van der Waals surface area (Å²) in [5, 5.41) is 5.88. The van der Waals surface area contributed by atoms with Crippen molar-refractivity contribution >= 4 is 23.1 Å². The Morgan fingerprint density at radius 2 is 1.51 bits per heavy atom. The van der Waals surface area contributed by atoms with Crippen LogP contribution in [0.2, 0.25) is 0 Å². The molecule has 4 rings (SSSR count). The van der Waals surface area contributed by atoms with Gasteiger partial charge in [0, 0.05) is 17.6 Å². The van der Waals surface area contributed by atoms with Crippen molar-refractivity contribution in [1.29, 1.82) is 0 Å². The van der Waals surface area contributed by atoms with Gasteiger partial charge in [-0.25, -0.2) is 4.98 Å². The van der Waals surface area contributed by atoms with Gasteiger partial charge in [-0.1, -0.05) is 63.3 Å². The van der Waals surface area contributed by atoms with Gasteiger partial charge in [0.2, 0.25) is 5.95 Å². The number of rotatable bonds is 10. The van der Waals surface area contributed by atoms with Gasteiger partial charge in [-0.05, 0) is 67.0 Å². The molecule has 0 unspecified atom stereocenters.